The highest BCUT2D eigenvalue weighted by Crippen LogP contribution is 2.51. The van der Waals surface area contributed by atoms with E-state index >= 15 is 0 Å². The fraction of sp³-hybridized carbons (Fsp3) is 0.417. The van der Waals surface area contributed by atoms with Crippen molar-refractivity contribution >= 4 is 45.6 Å². The molecule has 3 aliphatic rings. The van der Waals surface area contributed by atoms with Gasteiger partial charge in [0.15, 0.2) is 27.6 Å². The molecule has 6 N–H and O–H groups in total. The molecule has 0 saturated carbocycles. The normalized spacial score (nSPS) is 20.7. The van der Waals surface area contributed by atoms with Crippen molar-refractivity contribution in [1.29, 1.82) is 0 Å². The van der Waals surface area contributed by atoms with Crippen molar-refractivity contribution in [3.05, 3.63) is 56.8 Å². The van der Waals surface area contributed by atoms with E-state index in [9.17, 15) is 4.79 Å². The Morgan fingerprint density at radius 3 is 2.66 bits per heavy atom. The van der Waals surface area contributed by atoms with E-state index in [1.807, 2.05) is 0 Å². The molecule has 2 aromatic heterocycles. The van der Waals surface area contributed by atoms with Crippen LogP contribution >= 0.6 is 22.9 Å². The Morgan fingerprint density at radius 2 is 1.89 bits per heavy atom. The van der Waals surface area contributed by atoms with E-state index in [1.54, 1.807) is 4.90 Å². The molecule has 1 atom stereocenters. The molecule has 1 fully saturated rings. The second kappa shape index (κ2) is 8.32. The van der Waals surface area contributed by atoms with E-state index in [1.165, 1.54) is 22.5 Å². The SMILES string of the molecule is Nc1nc2c(s1)CN(C(=O)c1nc(Cl)c(N3CCC4(CC3)Cc3ccccc3C4N)nc1N)CC2. The molecule has 1 aliphatic carbocycles. The van der Waals surface area contributed by atoms with Crippen LogP contribution in [-0.2, 0) is 19.4 Å². The number of amides is 1. The Hall–Kier alpha value is -2.95. The van der Waals surface area contributed by atoms with E-state index < -0.39 is 0 Å². The topological polar surface area (TPSA) is 140 Å². The Labute approximate surface area is 212 Å². The van der Waals surface area contributed by atoms with Crippen molar-refractivity contribution in [3.63, 3.8) is 0 Å². The molecule has 6 rings (SSSR count). The zero-order valence-electron chi connectivity index (χ0n) is 19.2. The highest BCUT2D eigenvalue weighted by Gasteiger charge is 2.46. The fourth-order valence-electron chi connectivity index (χ4n) is 5.79. The van der Waals surface area contributed by atoms with Crippen LogP contribution in [0.15, 0.2) is 24.3 Å². The summed E-state index contributed by atoms with van der Waals surface area (Å²) in [6, 6.07) is 8.50. The van der Waals surface area contributed by atoms with Crippen molar-refractivity contribution in [3.8, 4) is 0 Å². The van der Waals surface area contributed by atoms with Crippen molar-refractivity contribution in [2.24, 2.45) is 11.1 Å². The first-order valence-corrected chi connectivity index (χ1v) is 13.0. The lowest BCUT2D eigenvalue weighted by Crippen LogP contribution is -2.45. The number of thiazole rings is 1. The highest BCUT2D eigenvalue weighted by molar-refractivity contribution is 7.15. The molecular weight excluding hydrogens is 484 g/mol. The quantitative estimate of drug-likeness (QED) is 0.478. The summed E-state index contributed by atoms with van der Waals surface area (Å²) in [4.78, 5) is 31.3. The number of nitrogen functional groups attached to an aromatic ring is 2. The molecule has 35 heavy (non-hydrogen) atoms. The number of nitrogens with two attached hydrogens (primary N) is 3. The molecule has 1 amide bonds. The minimum absolute atomic E-state index is 0.0337. The highest BCUT2D eigenvalue weighted by atomic mass is 35.5. The average molecular weight is 511 g/mol. The molecule has 1 saturated heterocycles. The van der Waals surface area contributed by atoms with Gasteiger partial charge >= 0.3 is 0 Å². The van der Waals surface area contributed by atoms with E-state index in [0.29, 0.717) is 30.5 Å². The summed E-state index contributed by atoms with van der Waals surface area (Å²) in [7, 11) is 0. The number of piperidine rings is 1. The summed E-state index contributed by atoms with van der Waals surface area (Å²) in [5, 5.41) is 0.707. The van der Waals surface area contributed by atoms with E-state index in [2.05, 4.69) is 44.1 Å². The lowest BCUT2D eigenvalue weighted by atomic mass is 9.73. The Balaban J connectivity index is 1.18. The number of aromatic nitrogens is 3. The number of halogens is 1. The molecule has 3 aromatic rings. The zero-order chi connectivity index (χ0) is 24.3. The second-order valence-corrected chi connectivity index (χ2v) is 11.1. The van der Waals surface area contributed by atoms with E-state index in [4.69, 9.17) is 28.8 Å². The van der Waals surface area contributed by atoms with Crippen LogP contribution in [0.2, 0.25) is 5.15 Å². The third-order valence-corrected chi connectivity index (χ3v) is 8.92. The summed E-state index contributed by atoms with van der Waals surface area (Å²) in [6.07, 6.45) is 3.50. The summed E-state index contributed by atoms with van der Waals surface area (Å²) in [5.41, 5.74) is 22.5. The average Bonchev–Trinajstić information content (AvgIpc) is 3.36. The summed E-state index contributed by atoms with van der Waals surface area (Å²) >= 11 is 7.97. The van der Waals surface area contributed by atoms with Gasteiger partial charge < -0.3 is 27.0 Å². The number of hydrogen-bond donors (Lipinski definition) is 3. The Bertz CT molecular complexity index is 1320. The molecule has 2 aliphatic heterocycles. The first kappa shape index (κ1) is 22.5. The first-order valence-electron chi connectivity index (χ1n) is 11.8. The molecule has 1 spiro atoms. The number of fused-ring (bicyclic) bond motifs is 2. The van der Waals surface area contributed by atoms with Crippen molar-refractivity contribution in [2.45, 2.75) is 38.3 Å². The van der Waals surface area contributed by atoms with Gasteiger partial charge in [0.25, 0.3) is 5.91 Å². The van der Waals surface area contributed by atoms with E-state index in [-0.39, 0.29) is 34.0 Å². The summed E-state index contributed by atoms with van der Waals surface area (Å²) < 4.78 is 0. The summed E-state index contributed by atoms with van der Waals surface area (Å²) in [5.74, 6) is 0.332. The van der Waals surface area contributed by atoms with Crippen LogP contribution in [0.3, 0.4) is 0 Å². The summed E-state index contributed by atoms with van der Waals surface area (Å²) in [6.45, 7) is 2.46. The molecule has 4 heterocycles. The number of benzene rings is 1. The Morgan fingerprint density at radius 1 is 1.11 bits per heavy atom. The first-order chi connectivity index (χ1) is 16.8. The maximum atomic E-state index is 13.2. The molecular formula is C24H27ClN8OS. The van der Waals surface area contributed by atoms with E-state index in [0.717, 1.165) is 42.9 Å². The number of rotatable bonds is 2. The van der Waals surface area contributed by atoms with Gasteiger partial charge in [0, 0.05) is 37.0 Å². The standard InChI is InChI=1S/C24H27ClN8OS/c25-19-21(32-9-6-24(7-10-32)11-13-3-1-2-4-14(13)18(24)26)31-20(27)17(30-19)22(34)33-8-5-15-16(12-33)35-23(28)29-15/h1-4,18H,5-12,26H2,(H2,27,31)(H2,28,29). The van der Waals surface area contributed by atoms with Crippen LogP contribution in [0.4, 0.5) is 16.8 Å². The van der Waals surface area contributed by atoms with Gasteiger partial charge in [-0.2, -0.15) is 0 Å². The van der Waals surface area contributed by atoms with Crippen LogP contribution in [-0.4, -0.2) is 45.4 Å². The van der Waals surface area contributed by atoms with Gasteiger partial charge in [-0.3, -0.25) is 4.79 Å². The minimum Gasteiger partial charge on any atom is -0.382 e. The van der Waals surface area contributed by atoms with Crippen LogP contribution in [0.5, 0.6) is 0 Å². The monoisotopic (exact) mass is 510 g/mol. The van der Waals surface area contributed by atoms with Crippen LogP contribution in [0.25, 0.3) is 0 Å². The smallest absolute Gasteiger partial charge is 0.276 e. The molecule has 11 heteroatoms. The van der Waals surface area contributed by atoms with Crippen molar-refractivity contribution in [1.82, 2.24) is 19.9 Å². The zero-order valence-corrected chi connectivity index (χ0v) is 20.8. The second-order valence-electron chi connectivity index (χ2n) is 9.67. The molecule has 1 aromatic carbocycles. The fourth-order valence-corrected chi connectivity index (χ4v) is 6.93. The van der Waals surface area contributed by atoms with Crippen LogP contribution in [0.1, 0.15) is 51.1 Å². The van der Waals surface area contributed by atoms with Gasteiger partial charge in [-0.25, -0.2) is 15.0 Å². The van der Waals surface area contributed by atoms with Gasteiger partial charge in [0.1, 0.15) is 0 Å². The number of anilines is 3. The maximum Gasteiger partial charge on any atom is 0.276 e. The predicted octanol–water partition coefficient (Wildman–Crippen LogP) is 2.79. The third kappa shape index (κ3) is 3.71. The van der Waals surface area contributed by atoms with Crippen LogP contribution < -0.4 is 22.1 Å². The predicted molar refractivity (Wildman–Crippen MR) is 137 cm³/mol. The molecule has 9 nitrogen and oxygen atoms in total. The van der Waals surface area contributed by atoms with Gasteiger partial charge in [0.2, 0.25) is 0 Å². The number of carbonyl (C=O) groups is 1. The van der Waals surface area contributed by atoms with Crippen molar-refractivity contribution in [2.75, 3.05) is 36.0 Å². The molecule has 1 unspecified atom stereocenters. The lowest BCUT2D eigenvalue weighted by Gasteiger charge is -2.42. The van der Waals surface area contributed by atoms with Crippen molar-refractivity contribution < 1.29 is 4.79 Å². The molecule has 0 radical (unpaired) electrons. The van der Waals surface area contributed by atoms with Gasteiger partial charge in [0.05, 0.1) is 12.2 Å². The number of nitrogens with zero attached hydrogens (tertiary/aromatic N) is 5. The van der Waals surface area contributed by atoms with Gasteiger partial charge in [-0.15, -0.1) is 11.3 Å². The van der Waals surface area contributed by atoms with Crippen LogP contribution in [0, 0.1) is 5.41 Å². The number of hydrogen-bond acceptors (Lipinski definition) is 9. The van der Waals surface area contributed by atoms with Gasteiger partial charge in [-0.1, -0.05) is 35.9 Å². The number of carbonyl (C=O) groups excluding carboxylic acids is 1. The minimum atomic E-state index is -0.284. The largest absolute Gasteiger partial charge is 0.382 e. The molecule has 182 valence electrons. The Kier molecular flexibility index (Phi) is 5.35. The third-order valence-electron chi connectivity index (χ3n) is 7.75. The maximum absolute atomic E-state index is 13.2. The lowest BCUT2D eigenvalue weighted by molar-refractivity contribution is 0.0731. The van der Waals surface area contributed by atoms with Gasteiger partial charge in [-0.05, 0) is 35.8 Å². The molecule has 0 bridgehead atoms.